The first-order chi connectivity index (χ1) is 8.13. The van der Waals surface area contributed by atoms with Gasteiger partial charge in [0, 0.05) is 18.0 Å². The first kappa shape index (κ1) is 11.7. The predicted molar refractivity (Wildman–Crippen MR) is 62.2 cm³/mol. The van der Waals surface area contributed by atoms with Crippen LogP contribution in [0, 0.1) is 5.82 Å². The molecule has 2 amide bonds. The van der Waals surface area contributed by atoms with Crippen molar-refractivity contribution in [1.82, 2.24) is 5.32 Å². The van der Waals surface area contributed by atoms with Gasteiger partial charge in [-0.05, 0) is 24.6 Å². The van der Waals surface area contributed by atoms with Crippen LogP contribution in [0.25, 0.3) is 0 Å². The molecule has 1 fully saturated rings. The molecule has 1 atom stereocenters. The van der Waals surface area contributed by atoms with Crippen LogP contribution < -0.4 is 16.4 Å². The van der Waals surface area contributed by atoms with Crippen LogP contribution in [0.15, 0.2) is 18.2 Å². The van der Waals surface area contributed by atoms with Crippen molar-refractivity contribution in [3.05, 3.63) is 24.0 Å². The number of carbonyl (C=O) groups excluding carboxylic acids is 1. The molecule has 1 aromatic carbocycles. The maximum atomic E-state index is 13.0. The molecule has 0 bridgehead atoms. The second-order valence-electron chi connectivity index (χ2n) is 3.93. The number of urea groups is 1. The Morgan fingerprint density at radius 3 is 2.94 bits per heavy atom. The van der Waals surface area contributed by atoms with Crippen LogP contribution in [-0.4, -0.2) is 25.3 Å². The van der Waals surface area contributed by atoms with E-state index in [1.54, 1.807) is 0 Å². The molecule has 2 rings (SSSR count). The quantitative estimate of drug-likeness (QED) is 0.681. The van der Waals surface area contributed by atoms with Gasteiger partial charge in [-0.25, -0.2) is 9.18 Å². The molecule has 0 radical (unpaired) electrons. The first-order valence-electron chi connectivity index (χ1n) is 5.35. The summed E-state index contributed by atoms with van der Waals surface area (Å²) in [4.78, 5) is 11.5. The molecule has 5 nitrogen and oxygen atoms in total. The van der Waals surface area contributed by atoms with Crippen molar-refractivity contribution in [2.45, 2.75) is 12.5 Å². The lowest BCUT2D eigenvalue weighted by Gasteiger charge is -2.12. The van der Waals surface area contributed by atoms with E-state index in [4.69, 9.17) is 10.5 Å². The standard InChI is InChI=1S/C11H14FN3O2/c12-7-3-8(13)5-10(4-7)15-11(16)14-9-1-2-17-6-9/h3-5,9H,1-2,6,13H2,(H2,14,15,16). The first-order valence-corrected chi connectivity index (χ1v) is 5.35. The molecule has 6 heteroatoms. The van der Waals surface area contributed by atoms with Crippen molar-refractivity contribution < 1.29 is 13.9 Å². The Morgan fingerprint density at radius 1 is 1.47 bits per heavy atom. The Morgan fingerprint density at radius 2 is 2.29 bits per heavy atom. The van der Waals surface area contributed by atoms with Gasteiger partial charge in [0.25, 0.3) is 0 Å². The number of nitrogen functional groups attached to an aromatic ring is 1. The lowest BCUT2D eigenvalue weighted by molar-refractivity contribution is 0.189. The number of nitrogens with one attached hydrogen (secondary N) is 2. The number of carbonyl (C=O) groups is 1. The van der Waals surface area contributed by atoms with E-state index < -0.39 is 5.82 Å². The van der Waals surface area contributed by atoms with Crippen molar-refractivity contribution in [3.63, 3.8) is 0 Å². The smallest absolute Gasteiger partial charge is 0.319 e. The van der Waals surface area contributed by atoms with Gasteiger partial charge in [0.05, 0.1) is 12.6 Å². The Hall–Kier alpha value is -1.82. The van der Waals surface area contributed by atoms with E-state index >= 15 is 0 Å². The van der Waals surface area contributed by atoms with Crippen molar-refractivity contribution in [3.8, 4) is 0 Å². The van der Waals surface area contributed by atoms with E-state index in [1.807, 2.05) is 0 Å². The van der Waals surface area contributed by atoms with Crippen molar-refractivity contribution in [2.24, 2.45) is 0 Å². The fourth-order valence-electron chi connectivity index (χ4n) is 1.69. The Balaban J connectivity index is 1.92. The van der Waals surface area contributed by atoms with Gasteiger partial charge < -0.3 is 21.1 Å². The number of amides is 2. The molecule has 1 aliphatic heterocycles. The van der Waals surface area contributed by atoms with Gasteiger partial charge in [-0.3, -0.25) is 0 Å². The summed E-state index contributed by atoms with van der Waals surface area (Å²) in [6.45, 7) is 1.16. The molecule has 0 aromatic heterocycles. The van der Waals surface area contributed by atoms with Crippen LogP contribution >= 0.6 is 0 Å². The van der Waals surface area contributed by atoms with E-state index in [0.717, 1.165) is 6.42 Å². The number of anilines is 2. The summed E-state index contributed by atoms with van der Waals surface area (Å²) in [5, 5.41) is 5.25. The average molecular weight is 239 g/mol. The molecule has 0 saturated carbocycles. The third kappa shape index (κ3) is 3.32. The topological polar surface area (TPSA) is 76.4 Å². The van der Waals surface area contributed by atoms with Gasteiger partial charge in [0.15, 0.2) is 0 Å². The second kappa shape index (κ2) is 5.01. The molecule has 0 aliphatic carbocycles. The number of benzene rings is 1. The highest BCUT2D eigenvalue weighted by Gasteiger charge is 2.17. The molecule has 0 spiro atoms. The van der Waals surface area contributed by atoms with Gasteiger partial charge in [0.2, 0.25) is 0 Å². The van der Waals surface area contributed by atoms with E-state index in [9.17, 15) is 9.18 Å². The van der Waals surface area contributed by atoms with E-state index in [2.05, 4.69) is 10.6 Å². The number of nitrogens with two attached hydrogens (primary N) is 1. The number of rotatable bonds is 2. The zero-order valence-electron chi connectivity index (χ0n) is 9.20. The van der Waals surface area contributed by atoms with Gasteiger partial charge in [-0.2, -0.15) is 0 Å². The monoisotopic (exact) mass is 239 g/mol. The maximum absolute atomic E-state index is 13.0. The summed E-state index contributed by atoms with van der Waals surface area (Å²) >= 11 is 0. The Kier molecular flexibility index (Phi) is 3.43. The van der Waals surface area contributed by atoms with Gasteiger partial charge in [0.1, 0.15) is 5.82 Å². The highest BCUT2D eigenvalue weighted by atomic mass is 19.1. The fourth-order valence-corrected chi connectivity index (χ4v) is 1.69. The van der Waals surface area contributed by atoms with Gasteiger partial charge >= 0.3 is 6.03 Å². The van der Waals surface area contributed by atoms with Crippen LogP contribution in [0.2, 0.25) is 0 Å². The maximum Gasteiger partial charge on any atom is 0.319 e. The molecule has 92 valence electrons. The molecule has 1 aromatic rings. The largest absolute Gasteiger partial charge is 0.399 e. The fraction of sp³-hybridized carbons (Fsp3) is 0.364. The third-order valence-electron chi connectivity index (χ3n) is 2.44. The molecule has 17 heavy (non-hydrogen) atoms. The molecular weight excluding hydrogens is 225 g/mol. The van der Waals surface area contributed by atoms with E-state index in [0.29, 0.717) is 18.9 Å². The summed E-state index contributed by atoms with van der Waals surface area (Å²) in [5.74, 6) is -0.482. The summed E-state index contributed by atoms with van der Waals surface area (Å²) < 4.78 is 18.1. The van der Waals surface area contributed by atoms with Crippen LogP contribution in [0.1, 0.15) is 6.42 Å². The predicted octanol–water partition coefficient (Wildman–Crippen LogP) is 1.32. The van der Waals surface area contributed by atoms with Gasteiger partial charge in [-0.15, -0.1) is 0 Å². The number of hydrogen-bond donors (Lipinski definition) is 3. The van der Waals surface area contributed by atoms with Crippen LogP contribution in [-0.2, 0) is 4.74 Å². The normalized spacial score (nSPS) is 19.0. The minimum Gasteiger partial charge on any atom is -0.399 e. The zero-order chi connectivity index (χ0) is 12.3. The minimum atomic E-state index is -0.482. The van der Waals surface area contributed by atoms with E-state index in [1.165, 1.54) is 18.2 Å². The third-order valence-corrected chi connectivity index (χ3v) is 2.44. The molecule has 4 N–H and O–H groups in total. The Labute approximate surface area is 98.1 Å². The minimum absolute atomic E-state index is 0.0147. The van der Waals surface area contributed by atoms with Crippen molar-refractivity contribution >= 4 is 17.4 Å². The van der Waals surface area contributed by atoms with Crippen molar-refractivity contribution in [1.29, 1.82) is 0 Å². The average Bonchev–Trinajstić information content (AvgIpc) is 2.67. The lowest BCUT2D eigenvalue weighted by atomic mass is 10.2. The van der Waals surface area contributed by atoms with Crippen molar-refractivity contribution in [2.75, 3.05) is 24.3 Å². The summed E-state index contributed by atoms with van der Waals surface area (Å²) in [5.41, 5.74) is 6.07. The zero-order valence-corrected chi connectivity index (χ0v) is 9.20. The van der Waals surface area contributed by atoms with Gasteiger partial charge in [-0.1, -0.05) is 0 Å². The Bertz CT molecular complexity index is 399. The lowest BCUT2D eigenvalue weighted by Crippen LogP contribution is -2.38. The number of ether oxygens (including phenoxy) is 1. The summed E-state index contributed by atoms with van der Waals surface area (Å²) in [7, 11) is 0. The summed E-state index contributed by atoms with van der Waals surface area (Å²) in [6.07, 6.45) is 0.790. The van der Waals surface area contributed by atoms with Crippen LogP contribution in [0.3, 0.4) is 0 Å². The van der Waals surface area contributed by atoms with E-state index in [-0.39, 0.29) is 17.8 Å². The number of hydrogen-bond acceptors (Lipinski definition) is 3. The van der Waals surface area contributed by atoms with Crippen LogP contribution in [0.4, 0.5) is 20.6 Å². The second-order valence-corrected chi connectivity index (χ2v) is 3.93. The number of halogens is 1. The molecule has 1 unspecified atom stereocenters. The molecular formula is C11H14FN3O2. The molecule has 1 heterocycles. The van der Waals surface area contributed by atoms with Crippen LogP contribution in [0.5, 0.6) is 0 Å². The highest BCUT2D eigenvalue weighted by Crippen LogP contribution is 2.15. The summed E-state index contributed by atoms with van der Waals surface area (Å²) in [6, 6.07) is 3.52. The SMILES string of the molecule is Nc1cc(F)cc(NC(=O)NC2CCOC2)c1. The highest BCUT2D eigenvalue weighted by molar-refractivity contribution is 5.89. The molecule has 1 aliphatic rings. The molecule has 1 saturated heterocycles.